The van der Waals surface area contributed by atoms with Crippen molar-refractivity contribution in [1.82, 2.24) is 0 Å². The molecule has 0 unspecified atom stereocenters. The Morgan fingerprint density at radius 1 is 1.10 bits per heavy atom. The summed E-state index contributed by atoms with van der Waals surface area (Å²) < 4.78 is 26.7. The van der Waals surface area contributed by atoms with Crippen LogP contribution in [0.5, 0.6) is 11.5 Å². The molecule has 0 amide bonds. The van der Waals surface area contributed by atoms with Crippen LogP contribution in [0.3, 0.4) is 0 Å². The Bertz CT molecular complexity index is 806. The molecule has 5 nitrogen and oxygen atoms in total. The highest BCUT2D eigenvalue weighted by atomic mass is 35.5. The van der Waals surface area contributed by atoms with E-state index in [1.54, 1.807) is 6.92 Å². The Balaban J connectivity index is 2.50. The van der Waals surface area contributed by atoms with Gasteiger partial charge in [0.2, 0.25) is 0 Å². The summed E-state index contributed by atoms with van der Waals surface area (Å²) in [6.07, 6.45) is 0. The number of para-hydroxylation sites is 1. The maximum absolute atomic E-state index is 12.3. The van der Waals surface area contributed by atoms with E-state index in [-0.39, 0.29) is 21.5 Å². The van der Waals surface area contributed by atoms with Crippen LogP contribution in [-0.4, -0.2) is 18.6 Å². The molecule has 8 heteroatoms. The third kappa shape index (κ3) is 3.18. The van der Waals surface area contributed by atoms with Crippen LogP contribution in [0.25, 0.3) is 0 Å². The topological polar surface area (TPSA) is 86.6 Å². The lowest BCUT2D eigenvalue weighted by Crippen LogP contribution is -2.13. The number of phenolic OH excluding ortho intramolecular Hbond substituents is 2. The average molecular weight is 348 g/mol. The van der Waals surface area contributed by atoms with Crippen LogP contribution in [0.2, 0.25) is 10.0 Å². The van der Waals surface area contributed by atoms with Crippen LogP contribution in [0.1, 0.15) is 5.56 Å². The lowest BCUT2D eigenvalue weighted by Gasteiger charge is -2.13. The molecule has 0 aliphatic rings. The van der Waals surface area contributed by atoms with Gasteiger partial charge >= 0.3 is 0 Å². The van der Waals surface area contributed by atoms with E-state index in [9.17, 15) is 18.6 Å². The van der Waals surface area contributed by atoms with Gasteiger partial charge in [0.15, 0.2) is 5.75 Å². The number of aryl methyl sites for hydroxylation is 1. The van der Waals surface area contributed by atoms with Gasteiger partial charge in [-0.25, -0.2) is 8.42 Å². The first-order valence-electron chi connectivity index (χ1n) is 5.72. The van der Waals surface area contributed by atoms with Gasteiger partial charge in [-0.15, -0.1) is 0 Å². The second-order valence-electron chi connectivity index (χ2n) is 4.31. The fraction of sp³-hybridized carbons (Fsp3) is 0.0769. The molecule has 0 aromatic heterocycles. The first-order chi connectivity index (χ1) is 9.72. The minimum absolute atomic E-state index is 0.0839. The van der Waals surface area contributed by atoms with Crippen LogP contribution in [-0.2, 0) is 10.0 Å². The van der Waals surface area contributed by atoms with E-state index >= 15 is 0 Å². The molecule has 0 fully saturated rings. The second kappa shape index (κ2) is 5.63. The summed E-state index contributed by atoms with van der Waals surface area (Å²) in [6.45, 7) is 1.58. The fourth-order valence-electron chi connectivity index (χ4n) is 1.73. The first kappa shape index (κ1) is 15.8. The van der Waals surface area contributed by atoms with Gasteiger partial charge < -0.3 is 10.2 Å². The van der Waals surface area contributed by atoms with Crippen molar-refractivity contribution in [2.24, 2.45) is 0 Å². The van der Waals surface area contributed by atoms with Gasteiger partial charge in [0.1, 0.15) is 10.6 Å². The molecule has 2 aromatic rings. The van der Waals surface area contributed by atoms with Gasteiger partial charge in [0.05, 0.1) is 10.7 Å². The van der Waals surface area contributed by atoms with Crippen molar-refractivity contribution >= 4 is 38.9 Å². The minimum atomic E-state index is -4.13. The van der Waals surface area contributed by atoms with Crippen LogP contribution in [0.15, 0.2) is 35.2 Å². The normalized spacial score (nSPS) is 11.4. The molecule has 0 aliphatic heterocycles. The summed E-state index contributed by atoms with van der Waals surface area (Å²) in [5, 5.41) is 19.8. The third-order valence-corrected chi connectivity index (χ3v) is 4.67. The number of sulfonamides is 1. The molecule has 0 saturated carbocycles. The Morgan fingerprint density at radius 2 is 1.76 bits per heavy atom. The van der Waals surface area contributed by atoms with Crippen LogP contribution in [0.4, 0.5) is 5.69 Å². The number of anilines is 1. The Kier molecular flexibility index (Phi) is 4.22. The largest absolute Gasteiger partial charge is 0.505 e. The smallest absolute Gasteiger partial charge is 0.265 e. The van der Waals surface area contributed by atoms with Crippen molar-refractivity contribution in [3.8, 4) is 11.5 Å². The Labute approximate surface area is 131 Å². The molecule has 0 bridgehead atoms. The summed E-state index contributed by atoms with van der Waals surface area (Å²) in [7, 11) is -4.13. The highest BCUT2D eigenvalue weighted by Gasteiger charge is 2.22. The van der Waals surface area contributed by atoms with E-state index < -0.39 is 20.7 Å². The molecule has 3 N–H and O–H groups in total. The molecule has 0 atom stereocenters. The molecule has 0 saturated heterocycles. The number of hydrogen-bond acceptors (Lipinski definition) is 4. The van der Waals surface area contributed by atoms with E-state index in [4.69, 9.17) is 23.2 Å². The van der Waals surface area contributed by atoms with E-state index in [0.29, 0.717) is 5.56 Å². The highest BCUT2D eigenvalue weighted by molar-refractivity contribution is 7.92. The fourth-order valence-corrected chi connectivity index (χ4v) is 3.41. The molecule has 112 valence electrons. The van der Waals surface area contributed by atoms with E-state index in [1.165, 1.54) is 30.3 Å². The van der Waals surface area contributed by atoms with E-state index in [1.807, 2.05) is 0 Å². The monoisotopic (exact) mass is 347 g/mol. The average Bonchev–Trinajstić information content (AvgIpc) is 2.38. The summed E-state index contributed by atoms with van der Waals surface area (Å²) in [5.74, 6) is -0.811. The van der Waals surface area contributed by atoms with Gasteiger partial charge in [-0.05, 0) is 36.8 Å². The van der Waals surface area contributed by atoms with Crippen LogP contribution >= 0.6 is 23.2 Å². The van der Waals surface area contributed by atoms with Gasteiger partial charge in [-0.3, -0.25) is 4.72 Å². The highest BCUT2D eigenvalue weighted by Crippen LogP contribution is 2.35. The molecule has 2 rings (SSSR count). The summed E-state index contributed by atoms with van der Waals surface area (Å²) in [4.78, 5) is -0.396. The number of rotatable bonds is 3. The number of hydrogen-bond donors (Lipinski definition) is 3. The van der Waals surface area contributed by atoms with Gasteiger partial charge in [0, 0.05) is 5.02 Å². The van der Waals surface area contributed by atoms with Gasteiger partial charge in [-0.1, -0.05) is 29.3 Å². The predicted molar refractivity (Wildman–Crippen MR) is 81.8 cm³/mol. The van der Waals surface area contributed by atoms with Gasteiger partial charge in [0.25, 0.3) is 10.0 Å². The maximum atomic E-state index is 12.3. The molecular formula is C13H11Cl2NO4S. The molecule has 21 heavy (non-hydrogen) atoms. The van der Waals surface area contributed by atoms with Crippen LogP contribution < -0.4 is 4.72 Å². The zero-order valence-electron chi connectivity index (χ0n) is 10.8. The standard InChI is InChI=1S/C13H11Cl2NO4S/c1-7-5-8(14)6-10(12(7)17)16-21(19,20)11-4-2-3-9(15)13(11)18/h2-6,16-18H,1H3. The molecular weight excluding hydrogens is 337 g/mol. The Hall–Kier alpha value is -1.63. The first-order valence-corrected chi connectivity index (χ1v) is 7.95. The van der Waals surface area contributed by atoms with E-state index in [0.717, 1.165) is 0 Å². The number of nitrogens with one attached hydrogen (secondary N) is 1. The zero-order valence-corrected chi connectivity index (χ0v) is 13.1. The molecule has 0 aliphatic carbocycles. The zero-order chi connectivity index (χ0) is 15.8. The summed E-state index contributed by atoms with van der Waals surface area (Å²) >= 11 is 11.5. The lowest BCUT2D eigenvalue weighted by molar-refractivity contribution is 0.459. The van der Waals surface area contributed by atoms with Crippen molar-refractivity contribution in [2.45, 2.75) is 11.8 Å². The molecule has 0 heterocycles. The maximum Gasteiger partial charge on any atom is 0.265 e. The second-order valence-corrected chi connectivity index (χ2v) is 6.81. The number of benzene rings is 2. The van der Waals surface area contributed by atoms with Crippen LogP contribution in [0, 0.1) is 6.92 Å². The third-order valence-electron chi connectivity index (χ3n) is 2.75. The van der Waals surface area contributed by atoms with Crippen molar-refractivity contribution < 1.29 is 18.6 Å². The number of phenols is 2. The number of aromatic hydroxyl groups is 2. The van der Waals surface area contributed by atoms with Crippen molar-refractivity contribution in [2.75, 3.05) is 4.72 Å². The summed E-state index contributed by atoms with van der Waals surface area (Å²) in [6, 6.07) is 6.70. The molecule has 0 radical (unpaired) electrons. The quantitative estimate of drug-likeness (QED) is 0.741. The predicted octanol–water partition coefficient (Wildman–Crippen LogP) is 3.51. The van der Waals surface area contributed by atoms with E-state index in [2.05, 4.69) is 4.72 Å². The number of halogens is 2. The molecule has 0 spiro atoms. The summed E-state index contributed by atoms with van der Waals surface area (Å²) in [5.41, 5.74) is 0.329. The SMILES string of the molecule is Cc1cc(Cl)cc(NS(=O)(=O)c2cccc(Cl)c2O)c1O. The lowest BCUT2D eigenvalue weighted by atomic mass is 10.2. The molecule has 2 aromatic carbocycles. The van der Waals surface area contributed by atoms with Crippen molar-refractivity contribution in [3.05, 3.63) is 45.9 Å². The van der Waals surface area contributed by atoms with Crippen molar-refractivity contribution in [3.63, 3.8) is 0 Å². The van der Waals surface area contributed by atoms with Gasteiger partial charge in [-0.2, -0.15) is 0 Å². The Morgan fingerprint density at radius 3 is 2.43 bits per heavy atom. The van der Waals surface area contributed by atoms with Crippen molar-refractivity contribution in [1.29, 1.82) is 0 Å². The minimum Gasteiger partial charge on any atom is -0.505 e.